The summed E-state index contributed by atoms with van der Waals surface area (Å²) in [5, 5.41) is 7.12. The molecule has 0 radical (unpaired) electrons. The fourth-order valence-corrected chi connectivity index (χ4v) is 3.45. The molecule has 1 saturated heterocycles. The summed E-state index contributed by atoms with van der Waals surface area (Å²) in [5.74, 6) is 0.982. The van der Waals surface area contributed by atoms with Gasteiger partial charge in [-0.25, -0.2) is 15.0 Å². The normalized spacial score (nSPS) is 21.5. The van der Waals surface area contributed by atoms with Gasteiger partial charge in [0.25, 0.3) is 5.91 Å². The summed E-state index contributed by atoms with van der Waals surface area (Å²) in [4.78, 5) is 26.0. The molecule has 2 N–H and O–H groups in total. The lowest BCUT2D eigenvalue weighted by Crippen LogP contribution is -2.50. The van der Waals surface area contributed by atoms with Crippen molar-refractivity contribution in [3.8, 4) is 10.8 Å². The predicted octanol–water partition coefficient (Wildman–Crippen LogP) is 1.64. The van der Waals surface area contributed by atoms with Gasteiger partial charge < -0.3 is 10.6 Å². The molecule has 2 atom stereocenters. The number of nitrogens with zero attached hydrogens (tertiary/aromatic N) is 3. The molecule has 0 aliphatic carbocycles. The van der Waals surface area contributed by atoms with E-state index in [1.54, 1.807) is 18.5 Å². The largest absolute Gasteiger partial charge is 0.347 e. The summed E-state index contributed by atoms with van der Waals surface area (Å²) >= 11 is 1.34. The summed E-state index contributed by atoms with van der Waals surface area (Å²) in [6, 6.07) is 1.92. The lowest BCUT2D eigenvalue weighted by molar-refractivity contribution is 0.0918. The lowest BCUT2D eigenvalue weighted by atomic mass is 9.95. The van der Waals surface area contributed by atoms with Crippen LogP contribution in [0.5, 0.6) is 0 Å². The van der Waals surface area contributed by atoms with E-state index < -0.39 is 0 Å². The van der Waals surface area contributed by atoms with E-state index >= 15 is 0 Å². The number of carbonyl (C=O) groups excluding carboxylic acids is 1. The molecule has 1 aliphatic rings. The summed E-state index contributed by atoms with van der Waals surface area (Å²) in [6.45, 7) is 5.86. The number of aryl methyl sites for hydroxylation is 1. The van der Waals surface area contributed by atoms with Gasteiger partial charge in [0.05, 0.1) is 5.69 Å². The second-order valence-electron chi connectivity index (χ2n) is 5.56. The van der Waals surface area contributed by atoms with Crippen molar-refractivity contribution in [2.45, 2.75) is 26.3 Å². The molecule has 3 rings (SSSR count). The minimum atomic E-state index is -0.0577. The Morgan fingerprint density at radius 2 is 2.18 bits per heavy atom. The van der Waals surface area contributed by atoms with E-state index in [4.69, 9.17) is 0 Å². The second kappa shape index (κ2) is 6.50. The topological polar surface area (TPSA) is 79.8 Å². The van der Waals surface area contributed by atoms with E-state index in [1.807, 2.05) is 6.92 Å². The molecule has 7 heteroatoms. The molecular weight excluding hydrogens is 298 g/mol. The maximum Gasteiger partial charge on any atom is 0.263 e. The Morgan fingerprint density at radius 1 is 1.41 bits per heavy atom. The summed E-state index contributed by atoms with van der Waals surface area (Å²) < 4.78 is 0. The molecule has 2 aromatic heterocycles. The number of hydrogen-bond acceptors (Lipinski definition) is 6. The third kappa shape index (κ3) is 3.15. The van der Waals surface area contributed by atoms with Crippen molar-refractivity contribution < 1.29 is 4.79 Å². The molecule has 6 nitrogen and oxygen atoms in total. The maximum absolute atomic E-state index is 12.5. The van der Waals surface area contributed by atoms with Crippen molar-refractivity contribution in [2.75, 3.05) is 13.1 Å². The summed E-state index contributed by atoms with van der Waals surface area (Å²) in [6.07, 6.45) is 4.43. The van der Waals surface area contributed by atoms with Crippen LogP contribution in [0.1, 0.15) is 28.7 Å². The van der Waals surface area contributed by atoms with Crippen molar-refractivity contribution in [1.29, 1.82) is 0 Å². The first-order valence-electron chi connectivity index (χ1n) is 7.41. The summed E-state index contributed by atoms with van der Waals surface area (Å²) in [7, 11) is 0. The van der Waals surface area contributed by atoms with Crippen LogP contribution < -0.4 is 10.6 Å². The van der Waals surface area contributed by atoms with E-state index in [2.05, 4.69) is 32.5 Å². The number of aromatic nitrogens is 3. The maximum atomic E-state index is 12.5. The number of nitrogens with one attached hydrogen (secondary N) is 2. The van der Waals surface area contributed by atoms with Crippen LogP contribution in [0, 0.1) is 12.8 Å². The number of rotatable bonds is 3. The van der Waals surface area contributed by atoms with Crippen LogP contribution in [0.15, 0.2) is 18.5 Å². The fourth-order valence-electron chi connectivity index (χ4n) is 2.53. The minimum absolute atomic E-state index is 0.0577. The molecular formula is C15H19N5OS. The number of carbonyl (C=O) groups is 1. The van der Waals surface area contributed by atoms with Crippen LogP contribution in [0.2, 0.25) is 0 Å². The van der Waals surface area contributed by atoms with Crippen LogP contribution in [0.3, 0.4) is 0 Å². The smallest absolute Gasteiger partial charge is 0.263 e. The molecule has 1 amide bonds. The standard InChI is InChI=1S/C15H19N5OS/c1-9-4-7-16-8-11(9)20-14(21)12-10(2)19-15(22-12)13-17-5-3-6-18-13/h3,5-6,9,11,16H,4,7-8H2,1-2H3,(H,20,21). The van der Waals surface area contributed by atoms with Crippen molar-refractivity contribution >= 4 is 17.2 Å². The van der Waals surface area contributed by atoms with E-state index in [-0.39, 0.29) is 11.9 Å². The SMILES string of the molecule is Cc1nc(-c2ncccn2)sc1C(=O)NC1CNCCC1C. The van der Waals surface area contributed by atoms with Crippen molar-refractivity contribution in [3.05, 3.63) is 29.0 Å². The molecule has 0 bridgehead atoms. The van der Waals surface area contributed by atoms with Gasteiger partial charge >= 0.3 is 0 Å². The Bertz CT molecular complexity index is 657. The molecule has 0 saturated carbocycles. The minimum Gasteiger partial charge on any atom is -0.347 e. The highest BCUT2D eigenvalue weighted by Crippen LogP contribution is 2.25. The van der Waals surface area contributed by atoms with Crippen LogP contribution in [-0.2, 0) is 0 Å². The van der Waals surface area contributed by atoms with Crippen molar-refractivity contribution in [3.63, 3.8) is 0 Å². The van der Waals surface area contributed by atoms with Crippen molar-refractivity contribution in [2.24, 2.45) is 5.92 Å². The van der Waals surface area contributed by atoms with Gasteiger partial charge in [-0.15, -0.1) is 11.3 Å². The Hall–Kier alpha value is -1.86. The molecule has 2 unspecified atom stereocenters. The molecule has 22 heavy (non-hydrogen) atoms. The Kier molecular flexibility index (Phi) is 4.44. The number of piperidine rings is 1. The molecule has 0 spiro atoms. The lowest BCUT2D eigenvalue weighted by Gasteiger charge is -2.30. The quantitative estimate of drug-likeness (QED) is 0.899. The van der Waals surface area contributed by atoms with Gasteiger partial charge in [-0.2, -0.15) is 0 Å². The Labute approximate surface area is 133 Å². The average molecular weight is 317 g/mol. The first-order valence-corrected chi connectivity index (χ1v) is 8.23. The van der Waals surface area contributed by atoms with E-state index in [0.717, 1.165) is 25.2 Å². The van der Waals surface area contributed by atoms with Gasteiger partial charge in [0.2, 0.25) is 0 Å². The highest BCUT2D eigenvalue weighted by molar-refractivity contribution is 7.17. The van der Waals surface area contributed by atoms with Gasteiger partial charge in [0.1, 0.15) is 4.88 Å². The molecule has 3 heterocycles. The monoisotopic (exact) mass is 317 g/mol. The molecule has 116 valence electrons. The zero-order chi connectivity index (χ0) is 15.5. The Morgan fingerprint density at radius 3 is 2.91 bits per heavy atom. The first-order chi connectivity index (χ1) is 10.6. The van der Waals surface area contributed by atoms with Gasteiger partial charge in [-0.05, 0) is 31.9 Å². The highest BCUT2D eigenvalue weighted by Gasteiger charge is 2.25. The predicted molar refractivity (Wildman–Crippen MR) is 85.8 cm³/mol. The average Bonchev–Trinajstić information content (AvgIpc) is 2.92. The van der Waals surface area contributed by atoms with Crippen molar-refractivity contribution in [1.82, 2.24) is 25.6 Å². The zero-order valence-corrected chi connectivity index (χ0v) is 13.5. The van der Waals surface area contributed by atoms with E-state index in [1.165, 1.54) is 11.3 Å². The van der Waals surface area contributed by atoms with Gasteiger partial charge in [-0.3, -0.25) is 4.79 Å². The van der Waals surface area contributed by atoms with Gasteiger partial charge in [0.15, 0.2) is 10.8 Å². The van der Waals surface area contributed by atoms with Crippen LogP contribution in [-0.4, -0.2) is 40.0 Å². The van der Waals surface area contributed by atoms with Crippen LogP contribution >= 0.6 is 11.3 Å². The van der Waals surface area contributed by atoms with E-state index in [0.29, 0.717) is 21.6 Å². The fraction of sp³-hybridized carbons (Fsp3) is 0.467. The third-order valence-corrected chi connectivity index (χ3v) is 5.06. The van der Waals surface area contributed by atoms with E-state index in [9.17, 15) is 4.79 Å². The zero-order valence-electron chi connectivity index (χ0n) is 12.7. The third-order valence-electron chi connectivity index (χ3n) is 3.90. The van der Waals surface area contributed by atoms with Crippen LogP contribution in [0.25, 0.3) is 10.8 Å². The number of thiazole rings is 1. The van der Waals surface area contributed by atoms with Crippen LogP contribution in [0.4, 0.5) is 0 Å². The number of amides is 1. The first kappa shape index (κ1) is 15.1. The van der Waals surface area contributed by atoms with Gasteiger partial charge in [0, 0.05) is 25.0 Å². The number of hydrogen-bond donors (Lipinski definition) is 2. The molecule has 1 aliphatic heterocycles. The van der Waals surface area contributed by atoms with Gasteiger partial charge in [-0.1, -0.05) is 6.92 Å². The molecule has 1 fully saturated rings. The second-order valence-corrected chi connectivity index (χ2v) is 6.56. The summed E-state index contributed by atoms with van der Waals surface area (Å²) in [5.41, 5.74) is 0.723. The Balaban J connectivity index is 1.77. The molecule has 0 aromatic carbocycles. The highest BCUT2D eigenvalue weighted by atomic mass is 32.1. The molecule has 2 aromatic rings.